The van der Waals surface area contributed by atoms with Crippen LogP contribution in [0.3, 0.4) is 0 Å². The minimum Gasteiger partial charge on any atom is -0.493 e. The maximum Gasteiger partial charge on any atom is 0.255 e. The molecular formula is C26H23NO5. The molecule has 3 aromatic carbocycles. The largest absolute Gasteiger partial charge is 0.493 e. The molecule has 0 radical (unpaired) electrons. The topological polar surface area (TPSA) is 77.8 Å². The molecule has 1 N–H and O–H groups in total. The Morgan fingerprint density at radius 1 is 0.875 bits per heavy atom. The van der Waals surface area contributed by atoms with E-state index in [0.717, 1.165) is 16.5 Å². The van der Waals surface area contributed by atoms with Gasteiger partial charge in [-0.3, -0.25) is 9.59 Å². The van der Waals surface area contributed by atoms with Gasteiger partial charge in [0.15, 0.2) is 17.3 Å². The zero-order chi connectivity index (χ0) is 22.8. The number of furan rings is 1. The lowest BCUT2D eigenvalue weighted by atomic mass is 10.0. The molecule has 4 rings (SSSR count). The average molecular weight is 429 g/mol. The summed E-state index contributed by atoms with van der Waals surface area (Å²) in [5.41, 5.74) is 3.77. The van der Waals surface area contributed by atoms with Gasteiger partial charge >= 0.3 is 0 Å². The van der Waals surface area contributed by atoms with Crippen molar-refractivity contribution in [2.45, 2.75) is 13.8 Å². The number of carbonyl (C=O) groups is 2. The summed E-state index contributed by atoms with van der Waals surface area (Å²) in [4.78, 5) is 25.8. The van der Waals surface area contributed by atoms with Crippen LogP contribution in [0.2, 0.25) is 0 Å². The number of nitrogens with one attached hydrogen (secondary N) is 1. The van der Waals surface area contributed by atoms with Crippen LogP contribution < -0.4 is 14.8 Å². The molecule has 1 aromatic heterocycles. The molecule has 0 fully saturated rings. The molecule has 0 atom stereocenters. The summed E-state index contributed by atoms with van der Waals surface area (Å²) in [6.07, 6.45) is 0. The first-order valence-corrected chi connectivity index (χ1v) is 10.1. The van der Waals surface area contributed by atoms with Gasteiger partial charge in [-0.1, -0.05) is 18.2 Å². The van der Waals surface area contributed by atoms with Crippen LogP contribution in [-0.4, -0.2) is 25.9 Å². The van der Waals surface area contributed by atoms with Crippen LogP contribution in [0.15, 0.2) is 65.1 Å². The van der Waals surface area contributed by atoms with Gasteiger partial charge in [0.2, 0.25) is 5.78 Å². The van der Waals surface area contributed by atoms with Gasteiger partial charge in [0, 0.05) is 33.8 Å². The fourth-order valence-electron chi connectivity index (χ4n) is 3.65. The van der Waals surface area contributed by atoms with Crippen LogP contribution in [0.5, 0.6) is 11.5 Å². The number of aryl methyl sites for hydroxylation is 2. The second-order valence-electron chi connectivity index (χ2n) is 7.44. The molecular weight excluding hydrogens is 406 g/mol. The van der Waals surface area contributed by atoms with Crippen molar-refractivity contribution in [3.63, 3.8) is 0 Å². The van der Waals surface area contributed by atoms with Crippen molar-refractivity contribution in [1.82, 2.24) is 0 Å². The summed E-state index contributed by atoms with van der Waals surface area (Å²) >= 11 is 0. The van der Waals surface area contributed by atoms with E-state index in [1.54, 1.807) is 36.4 Å². The number of amides is 1. The van der Waals surface area contributed by atoms with Gasteiger partial charge in [0.05, 0.1) is 14.2 Å². The van der Waals surface area contributed by atoms with Crippen molar-refractivity contribution >= 4 is 28.3 Å². The van der Waals surface area contributed by atoms with Gasteiger partial charge in [0.1, 0.15) is 5.58 Å². The average Bonchev–Trinajstić information content (AvgIpc) is 3.13. The third-order valence-corrected chi connectivity index (χ3v) is 5.44. The number of anilines is 1. The summed E-state index contributed by atoms with van der Waals surface area (Å²) in [6, 6.07) is 17.7. The summed E-state index contributed by atoms with van der Waals surface area (Å²) in [7, 11) is 3.06. The fourth-order valence-corrected chi connectivity index (χ4v) is 3.65. The number of hydrogen-bond acceptors (Lipinski definition) is 5. The Morgan fingerprint density at radius 2 is 1.62 bits per heavy atom. The SMILES string of the molecule is COc1ccc(C(=O)c2oc3cc(NC(=O)c4ccccc4C)ccc3c2C)cc1OC. The number of fused-ring (bicyclic) bond motifs is 1. The van der Waals surface area contributed by atoms with Gasteiger partial charge in [-0.05, 0) is 55.8 Å². The van der Waals surface area contributed by atoms with Crippen LogP contribution in [0, 0.1) is 13.8 Å². The summed E-state index contributed by atoms with van der Waals surface area (Å²) in [5, 5.41) is 3.70. The van der Waals surface area contributed by atoms with Crippen LogP contribution in [0.4, 0.5) is 5.69 Å². The van der Waals surface area contributed by atoms with E-state index in [1.165, 1.54) is 14.2 Å². The van der Waals surface area contributed by atoms with Gasteiger partial charge in [0.25, 0.3) is 5.91 Å². The van der Waals surface area contributed by atoms with Gasteiger partial charge in [-0.25, -0.2) is 0 Å². The van der Waals surface area contributed by atoms with Crippen molar-refractivity contribution in [1.29, 1.82) is 0 Å². The first-order chi connectivity index (χ1) is 15.4. The number of benzene rings is 3. The normalized spacial score (nSPS) is 10.8. The van der Waals surface area contributed by atoms with Crippen LogP contribution in [0.1, 0.15) is 37.6 Å². The van der Waals surface area contributed by atoms with E-state index >= 15 is 0 Å². The molecule has 0 saturated carbocycles. The lowest BCUT2D eigenvalue weighted by molar-refractivity contribution is 0.101. The van der Waals surface area contributed by atoms with Crippen molar-refractivity contribution in [3.05, 3.63) is 88.7 Å². The van der Waals surface area contributed by atoms with Crippen molar-refractivity contribution in [2.24, 2.45) is 0 Å². The second kappa shape index (κ2) is 8.59. The standard InChI is InChI=1S/C26H23NO5/c1-15-7-5-6-8-19(15)26(29)27-18-10-11-20-16(2)25(32-22(20)14-18)24(28)17-9-12-21(30-3)23(13-17)31-4/h5-14H,1-4H3,(H,27,29). The smallest absolute Gasteiger partial charge is 0.255 e. The van der Waals surface area contributed by atoms with E-state index in [4.69, 9.17) is 13.9 Å². The van der Waals surface area contributed by atoms with E-state index in [2.05, 4.69) is 5.32 Å². The molecule has 0 bridgehead atoms. The monoisotopic (exact) mass is 429 g/mol. The summed E-state index contributed by atoms with van der Waals surface area (Å²) in [5.74, 6) is 0.792. The molecule has 1 heterocycles. The van der Waals surface area contributed by atoms with E-state index in [1.807, 2.05) is 38.1 Å². The van der Waals surface area contributed by atoms with E-state index in [0.29, 0.717) is 33.9 Å². The van der Waals surface area contributed by atoms with Gasteiger partial charge in [-0.2, -0.15) is 0 Å². The highest BCUT2D eigenvalue weighted by molar-refractivity contribution is 6.11. The fraction of sp³-hybridized carbons (Fsp3) is 0.154. The molecule has 0 aliphatic carbocycles. The first-order valence-electron chi connectivity index (χ1n) is 10.1. The van der Waals surface area contributed by atoms with Crippen LogP contribution in [0.25, 0.3) is 11.0 Å². The predicted octanol–water partition coefficient (Wildman–Crippen LogP) is 5.55. The van der Waals surface area contributed by atoms with E-state index in [9.17, 15) is 9.59 Å². The quantitative estimate of drug-likeness (QED) is 0.407. The maximum absolute atomic E-state index is 13.1. The third-order valence-electron chi connectivity index (χ3n) is 5.44. The van der Waals surface area contributed by atoms with Gasteiger partial charge < -0.3 is 19.2 Å². The molecule has 0 aliphatic rings. The predicted molar refractivity (Wildman–Crippen MR) is 123 cm³/mol. The lowest BCUT2D eigenvalue weighted by Gasteiger charge is -2.08. The first kappa shape index (κ1) is 21.2. The molecule has 0 spiro atoms. The molecule has 32 heavy (non-hydrogen) atoms. The lowest BCUT2D eigenvalue weighted by Crippen LogP contribution is -2.13. The Bertz CT molecular complexity index is 1340. The molecule has 6 nitrogen and oxygen atoms in total. The number of ether oxygens (including phenoxy) is 2. The Morgan fingerprint density at radius 3 is 2.34 bits per heavy atom. The minimum atomic E-state index is -0.259. The molecule has 1 amide bonds. The molecule has 0 aliphatic heterocycles. The summed E-state index contributed by atoms with van der Waals surface area (Å²) < 4.78 is 16.5. The zero-order valence-electron chi connectivity index (χ0n) is 18.3. The molecule has 4 aromatic rings. The van der Waals surface area contributed by atoms with Crippen LogP contribution in [-0.2, 0) is 0 Å². The number of rotatable bonds is 6. The second-order valence-corrected chi connectivity index (χ2v) is 7.44. The van der Waals surface area contributed by atoms with E-state index in [-0.39, 0.29) is 17.5 Å². The summed E-state index contributed by atoms with van der Waals surface area (Å²) in [6.45, 7) is 3.73. The molecule has 6 heteroatoms. The Kier molecular flexibility index (Phi) is 5.69. The highest BCUT2D eigenvalue weighted by atomic mass is 16.5. The van der Waals surface area contributed by atoms with Crippen LogP contribution >= 0.6 is 0 Å². The Labute approximate surface area is 185 Å². The third kappa shape index (κ3) is 3.83. The Hall–Kier alpha value is -4.06. The number of hydrogen-bond donors (Lipinski definition) is 1. The molecule has 0 saturated heterocycles. The zero-order valence-corrected chi connectivity index (χ0v) is 18.3. The highest BCUT2D eigenvalue weighted by Gasteiger charge is 2.21. The number of carbonyl (C=O) groups excluding carboxylic acids is 2. The highest BCUT2D eigenvalue weighted by Crippen LogP contribution is 2.32. The maximum atomic E-state index is 13.1. The van der Waals surface area contributed by atoms with Crippen molar-refractivity contribution in [3.8, 4) is 11.5 Å². The minimum absolute atomic E-state index is 0.202. The Balaban J connectivity index is 1.65. The van der Waals surface area contributed by atoms with E-state index < -0.39 is 0 Å². The van der Waals surface area contributed by atoms with Crippen molar-refractivity contribution in [2.75, 3.05) is 19.5 Å². The van der Waals surface area contributed by atoms with Crippen molar-refractivity contribution < 1.29 is 23.5 Å². The molecule has 0 unspecified atom stereocenters. The number of methoxy groups -OCH3 is 2. The molecule has 162 valence electrons. The van der Waals surface area contributed by atoms with Gasteiger partial charge in [-0.15, -0.1) is 0 Å². The number of ketones is 1.